The van der Waals surface area contributed by atoms with Crippen molar-refractivity contribution in [3.8, 4) is 0 Å². The Bertz CT molecular complexity index is 1470. The number of aliphatic hydroxyl groups excluding tert-OH is 4. The third-order valence-electron chi connectivity index (χ3n) is 12.0. The lowest BCUT2D eigenvalue weighted by Gasteiger charge is -2.47. The molecule has 0 saturated carbocycles. The number of rotatable bonds is 8. The van der Waals surface area contributed by atoms with Gasteiger partial charge < -0.3 is 58.3 Å². The molecule has 57 heavy (non-hydrogen) atoms. The molecule has 4 aliphatic carbocycles. The van der Waals surface area contributed by atoms with Crippen LogP contribution in [0.25, 0.3) is 0 Å². The molecular weight excluding hydrogens is 1200 g/mol. The summed E-state index contributed by atoms with van der Waals surface area (Å²) in [5.74, 6) is -3.51. The second-order valence-corrected chi connectivity index (χ2v) is 23.0. The molecule has 16 atom stereocenters. The molecule has 8 rings (SSSR count). The topological polar surface area (TPSA) is 161 Å². The van der Waals surface area contributed by atoms with Crippen molar-refractivity contribution in [2.45, 2.75) is 182 Å². The molecule has 0 aromatic carbocycles. The van der Waals surface area contributed by atoms with Crippen molar-refractivity contribution in [2.24, 2.45) is 0 Å². The summed E-state index contributed by atoms with van der Waals surface area (Å²) in [6.45, 7) is 15.6. The van der Waals surface area contributed by atoms with Gasteiger partial charge in [-0.2, -0.15) is 0 Å². The average molecular weight is 1250 g/mol. The van der Waals surface area contributed by atoms with Gasteiger partial charge >= 0.3 is 0 Å². The van der Waals surface area contributed by atoms with E-state index in [1.807, 2.05) is 79.7 Å². The molecule has 0 amide bonds. The molecule has 4 fully saturated rings. The number of nitrogens with zero attached hydrogens (tertiary/aromatic N) is 2. The Morgan fingerprint density at radius 2 is 0.632 bits per heavy atom. The number of hydrogen-bond donors (Lipinski definition) is 4. The van der Waals surface area contributed by atoms with Gasteiger partial charge in [0.2, 0.25) is 0 Å². The van der Waals surface area contributed by atoms with Crippen LogP contribution in [0.15, 0.2) is 38.6 Å². The first kappa shape index (κ1) is 44.9. The van der Waals surface area contributed by atoms with E-state index in [2.05, 4.69) is 100 Å². The summed E-state index contributed by atoms with van der Waals surface area (Å²) < 4.78 is 53.7. The Balaban J connectivity index is 1.13. The first-order chi connectivity index (χ1) is 26.5. The molecule has 8 aliphatic rings. The van der Waals surface area contributed by atoms with E-state index < -0.39 is 121 Å². The summed E-state index contributed by atoms with van der Waals surface area (Å²) in [6, 6.07) is -2.23. The highest BCUT2D eigenvalue weighted by molar-refractivity contribution is 14.1. The van der Waals surface area contributed by atoms with Crippen LogP contribution in [0.1, 0.15) is 61.8 Å². The molecule has 0 aromatic heterocycles. The van der Waals surface area contributed by atoms with Crippen molar-refractivity contribution in [1.29, 1.82) is 0 Å². The van der Waals surface area contributed by atoms with Crippen molar-refractivity contribution in [3.05, 3.63) is 38.6 Å². The van der Waals surface area contributed by atoms with Gasteiger partial charge in [-0.15, -0.1) is 0 Å². The fraction of sp³-hybridized carbons (Fsp3) is 0.795. The first-order valence-electron chi connectivity index (χ1n) is 19.6. The van der Waals surface area contributed by atoms with Crippen molar-refractivity contribution < 1.29 is 58.3 Å². The summed E-state index contributed by atoms with van der Waals surface area (Å²) in [5, 5.41) is 48.5. The molecule has 0 spiro atoms. The molecule has 320 valence electrons. The molecule has 4 N–H and O–H groups in total. The highest BCUT2D eigenvalue weighted by atomic mass is 127. The second-order valence-electron chi connectivity index (χ2n) is 18.0. The fourth-order valence-corrected chi connectivity index (χ4v) is 13.2. The van der Waals surface area contributed by atoms with E-state index in [1.165, 1.54) is 0 Å². The van der Waals surface area contributed by atoms with Crippen molar-refractivity contribution in [2.75, 3.05) is 13.1 Å². The Kier molecular flexibility index (Phi) is 12.7. The highest BCUT2D eigenvalue weighted by Crippen LogP contribution is 2.47. The summed E-state index contributed by atoms with van der Waals surface area (Å²) in [5.41, 5.74) is 0. The Morgan fingerprint density at radius 3 is 0.842 bits per heavy atom. The third-order valence-corrected chi connectivity index (χ3v) is 15.9. The van der Waals surface area contributed by atoms with Crippen LogP contribution in [0.4, 0.5) is 0 Å². The molecule has 0 radical (unpaired) electrons. The summed E-state index contributed by atoms with van der Waals surface area (Å²) in [7, 11) is 0. The van der Waals surface area contributed by atoms with Gasteiger partial charge in [0.15, 0.2) is 23.1 Å². The minimum atomic E-state index is -0.978. The Hall–Kier alpha value is 1.32. The lowest BCUT2D eigenvalue weighted by atomic mass is 9.87. The minimum Gasteiger partial charge on any atom is -0.388 e. The smallest absolute Gasteiger partial charge is 0.164 e. The van der Waals surface area contributed by atoms with Crippen LogP contribution >= 0.6 is 90.4 Å². The van der Waals surface area contributed by atoms with Gasteiger partial charge in [0.25, 0.3) is 0 Å². The van der Waals surface area contributed by atoms with Gasteiger partial charge in [0, 0.05) is 27.4 Å². The molecular formula is C39H54I4N2O12. The summed E-state index contributed by atoms with van der Waals surface area (Å²) >= 11 is 9.10. The number of ether oxygens (including phenoxy) is 8. The highest BCUT2D eigenvalue weighted by Gasteiger charge is 2.58. The van der Waals surface area contributed by atoms with Crippen molar-refractivity contribution in [3.63, 3.8) is 0 Å². The zero-order chi connectivity index (χ0) is 41.3. The normalized spacial score (nSPS) is 46.5. The number of halogens is 4. The van der Waals surface area contributed by atoms with Crippen LogP contribution in [0.5, 0.6) is 0 Å². The average Bonchev–Trinajstić information content (AvgIpc) is 3.84. The molecule has 4 aliphatic heterocycles. The first-order valence-corrected chi connectivity index (χ1v) is 23.9. The van der Waals surface area contributed by atoms with Gasteiger partial charge in [-0.25, -0.2) is 0 Å². The molecule has 14 nitrogen and oxygen atoms in total. The zero-order valence-electron chi connectivity index (χ0n) is 33.1. The lowest BCUT2D eigenvalue weighted by molar-refractivity contribution is -0.163. The van der Waals surface area contributed by atoms with Crippen LogP contribution < -0.4 is 0 Å². The van der Waals surface area contributed by atoms with Crippen LogP contribution in [0.2, 0.25) is 0 Å². The molecule has 4 heterocycles. The monoisotopic (exact) mass is 1250 g/mol. The van der Waals surface area contributed by atoms with Crippen LogP contribution in [-0.4, -0.2) is 164 Å². The number of fused-ring (bicyclic) bond motifs is 4. The Labute approximate surface area is 388 Å². The maximum absolute atomic E-state index is 12.1. The standard InChI is InChI=1S/C39H54I4N2O12/c1-36(2)50-28-16(40)12-20(24(46)32(28)54-36)44(21-13-17(41)29-33(25(21)47)55-37(3,4)51-29)10-9-11-45(22-14-18(42)30-34(26(22)48)56-38(5,6)52-30)23-15-19(43)31-35(27(23)49)57-39(7,8)53-31/h12-15,20-35,46-49H,9-11H2,1-8H3/t20-,21-,22-,23-,24+,25+,26+,27+,28+,29+,30+,31+,32-,33-,34-,35-/m0/s1. The van der Waals surface area contributed by atoms with Gasteiger partial charge in [0.05, 0.1) is 24.2 Å². The lowest BCUT2D eigenvalue weighted by Crippen LogP contribution is -2.63. The van der Waals surface area contributed by atoms with Crippen LogP contribution in [0.3, 0.4) is 0 Å². The van der Waals surface area contributed by atoms with E-state index >= 15 is 0 Å². The molecule has 0 bridgehead atoms. The van der Waals surface area contributed by atoms with E-state index in [0.717, 1.165) is 14.3 Å². The predicted molar refractivity (Wildman–Crippen MR) is 241 cm³/mol. The van der Waals surface area contributed by atoms with E-state index in [0.29, 0.717) is 19.5 Å². The van der Waals surface area contributed by atoms with Crippen molar-refractivity contribution in [1.82, 2.24) is 9.80 Å². The van der Waals surface area contributed by atoms with E-state index in [4.69, 9.17) is 37.9 Å². The van der Waals surface area contributed by atoms with Crippen LogP contribution in [-0.2, 0) is 37.9 Å². The quantitative estimate of drug-likeness (QED) is 0.255. The summed E-state index contributed by atoms with van der Waals surface area (Å²) in [6.07, 6.45) is 0.572. The van der Waals surface area contributed by atoms with E-state index in [-0.39, 0.29) is 0 Å². The summed E-state index contributed by atoms with van der Waals surface area (Å²) in [4.78, 5) is 4.26. The van der Waals surface area contributed by atoms with Crippen molar-refractivity contribution >= 4 is 90.4 Å². The predicted octanol–water partition coefficient (Wildman–Crippen LogP) is 4.31. The third kappa shape index (κ3) is 8.54. The van der Waals surface area contributed by atoms with Gasteiger partial charge in [-0.3, -0.25) is 9.80 Å². The zero-order valence-corrected chi connectivity index (χ0v) is 41.8. The maximum Gasteiger partial charge on any atom is 0.164 e. The van der Waals surface area contributed by atoms with E-state index in [9.17, 15) is 20.4 Å². The molecule has 18 heteroatoms. The van der Waals surface area contributed by atoms with E-state index in [1.54, 1.807) is 0 Å². The fourth-order valence-electron chi connectivity index (χ4n) is 9.81. The SMILES string of the molecule is CC1(C)O[C@H]2[C@H](O)[C@@H](N(CCCN([C@H]3C=C(I)[C@H]4OC(C)(C)O[C@H]4[C@@H]3O)[C@H]3C=C(I)[C@H]4OC(C)(C)O[C@H]4[C@@H]3O)[C@H]3C=C(I)[C@H]4OC(C)(C)O[C@H]4[C@@H]3O)C=C(I)[C@H]2O1. The second kappa shape index (κ2) is 16.1. The maximum atomic E-state index is 12.1. The minimum absolute atomic E-state index is 0.411. The van der Waals surface area contributed by atoms with Gasteiger partial charge in [-0.1, -0.05) is 24.3 Å². The molecule has 4 saturated heterocycles. The van der Waals surface area contributed by atoms with Gasteiger partial charge in [-0.05, 0) is 152 Å². The number of aliphatic hydroxyl groups is 4. The number of hydrogen-bond acceptors (Lipinski definition) is 14. The molecule has 0 aromatic rings. The van der Waals surface area contributed by atoms with Gasteiger partial charge in [0.1, 0.15) is 73.2 Å². The Morgan fingerprint density at radius 1 is 0.421 bits per heavy atom. The molecule has 0 unspecified atom stereocenters. The van der Waals surface area contributed by atoms with Crippen LogP contribution in [0, 0.1) is 0 Å². The largest absolute Gasteiger partial charge is 0.388 e.